The van der Waals surface area contributed by atoms with Crippen LogP contribution in [-0.4, -0.2) is 29.9 Å². The average molecular weight is 390 g/mol. The molecule has 0 saturated carbocycles. The Morgan fingerprint density at radius 3 is 2.36 bits per heavy atom. The van der Waals surface area contributed by atoms with Crippen molar-refractivity contribution >= 4 is 17.5 Å². The van der Waals surface area contributed by atoms with E-state index in [2.05, 4.69) is 0 Å². The highest BCUT2D eigenvalue weighted by Gasteiger charge is 2.32. The van der Waals surface area contributed by atoms with Gasteiger partial charge in [0.25, 0.3) is 5.91 Å². The maximum Gasteiger partial charge on any atom is 0.416 e. The number of amides is 2. The third-order valence-electron chi connectivity index (χ3n) is 4.68. The molecule has 7 heteroatoms. The van der Waals surface area contributed by atoms with Crippen molar-refractivity contribution in [1.82, 2.24) is 4.90 Å². The molecule has 1 saturated heterocycles. The summed E-state index contributed by atoms with van der Waals surface area (Å²) >= 11 is 0. The Bertz CT molecular complexity index is 889. The van der Waals surface area contributed by atoms with Gasteiger partial charge < -0.3 is 4.90 Å². The van der Waals surface area contributed by atoms with E-state index in [1.165, 1.54) is 21.9 Å². The number of hydrogen-bond donors (Lipinski definition) is 0. The van der Waals surface area contributed by atoms with Crippen molar-refractivity contribution in [2.24, 2.45) is 0 Å². The van der Waals surface area contributed by atoms with Crippen molar-refractivity contribution in [3.8, 4) is 0 Å². The van der Waals surface area contributed by atoms with Gasteiger partial charge in [-0.1, -0.05) is 23.3 Å². The van der Waals surface area contributed by atoms with Crippen molar-refractivity contribution < 1.29 is 22.8 Å². The molecule has 4 nitrogen and oxygen atoms in total. The van der Waals surface area contributed by atoms with Gasteiger partial charge in [-0.05, 0) is 50.6 Å². The maximum atomic E-state index is 13.2. The molecule has 1 aliphatic heterocycles. The fraction of sp³-hybridized carbons (Fsp3) is 0.333. The lowest BCUT2D eigenvalue weighted by molar-refractivity contribution is -0.137. The predicted molar refractivity (Wildman–Crippen MR) is 100.0 cm³/mol. The molecule has 2 amide bonds. The van der Waals surface area contributed by atoms with Gasteiger partial charge in [0.15, 0.2) is 0 Å². The Morgan fingerprint density at radius 1 is 1.11 bits per heavy atom. The molecule has 0 spiro atoms. The molecule has 1 aliphatic rings. The Hall–Kier alpha value is -2.83. The van der Waals surface area contributed by atoms with E-state index in [0.29, 0.717) is 24.9 Å². The van der Waals surface area contributed by atoms with E-state index in [1.54, 1.807) is 12.1 Å². The summed E-state index contributed by atoms with van der Waals surface area (Å²) < 4.78 is 39.5. The lowest BCUT2D eigenvalue weighted by Crippen LogP contribution is -2.42. The van der Waals surface area contributed by atoms with Gasteiger partial charge in [0.1, 0.15) is 6.67 Å². The summed E-state index contributed by atoms with van der Waals surface area (Å²) in [5.74, 6) is -0.545. The smallest absolute Gasteiger partial charge is 0.324 e. The maximum absolute atomic E-state index is 13.2. The van der Waals surface area contributed by atoms with E-state index in [4.69, 9.17) is 0 Å². The zero-order chi connectivity index (χ0) is 20.5. The zero-order valence-electron chi connectivity index (χ0n) is 15.7. The Morgan fingerprint density at radius 2 is 1.79 bits per heavy atom. The molecule has 0 bridgehead atoms. The summed E-state index contributed by atoms with van der Waals surface area (Å²) in [6.45, 7) is 4.10. The molecule has 1 fully saturated rings. The van der Waals surface area contributed by atoms with Crippen molar-refractivity contribution in [3.63, 3.8) is 0 Å². The van der Waals surface area contributed by atoms with Crippen LogP contribution in [0.3, 0.4) is 0 Å². The summed E-state index contributed by atoms with van der Waals surface area (Å²) in [7, 11) is 0. The normalized spacial score (nSPS) is 14.5. The summed E-state index contributed by atoms with van der Waals surface area (Å²) in [5, 5.41) is 0. The number of carbonyl (C=O) groups is 2. The van der Waals surface area contributed by atoms with E-state index < -0.39 is 17.6 Å². The van der Waals surface area contributed by atoms with Crippen LogP contribution in [0.2, 0.25) is 0 Å². The van der Waals surface area contributed by atoms with Crippen LogP contribution in [0.5, 0.6) is 0 Å². The molecule has 3 rings (SSSR count). The lowest BCUT2D eigenvalue weighted by atomic mass is 10.1. The second kappa shape index (κ2) is 7.66. The van der Waals surface area contributed by atoms with Crippen molar-refractivity contribution in [3.05, 3.63) is 64.7 Å². The fourth-order valence-electron chi connectivity index (χ4n) is 3.39. The predicted octanol–water partition coefficient (Wildman–Crippen LogP) is 4.55. The zero-order valence-corrected chi connectivity index (χ0v) is 15.7. The molecule has 0 aromatic heterocycles. The van der Waals surface area contributed by atoms with Crippen LogP contribution in [0.4, 0.5) is 18.9 Å². The quantitative estimate of drug-likeness (QED) is 0.769. The first-order chi connectivity index (χ1) is 13.1. The number of nitrogens with zero attached hydrogens (tertiary/aromatic N) is 2. The molecule has 0 radical (unpaired) electrons. The molecule has 0 N–H and O–H groups in total. The summed E-state index contributed by atoms with van der Waals surface area (Å²) in [4.78, 5) is 28.0. The molecule has 0 unspecified atom stereocenters. The van der Waals surface area contributed by atoms with Gasteiger partial charge in [-0.15, -0.1) is 0 Å². The van der Waals surface area contributed by atoms with E-state index >= 15 is 0 Å². The first kappa shape index (κ1) is 19.9. The van der Waals surface area contributed by atoms with Crippen LogP contribution >= 0.6 is 0 Å². The van der Waals surface area contributed by atoms with E-state index in [0.717, 1.165) is 23.3 Å². The molecular formula is C21H21F3N2O2. The number of benzene rings is 2. The minimum atomic E-state index is -4.52. The minimum absolute atomic E-state index is 0.0774. The van der Waals surface area contributed by atoms with Crippen LogP contribution < -0.4 is 4.90 Å². The van der Waals surface area contributed by atoms with Gasteiger partial charge >= 0.3 is 6.18 Å². The molecule has 2 aromatic carbocycles. The van der Waals surface area contributed by atoms with Gasteiger partial charge in [0.2, 0.25) is 5.91 Å². The Balaban J connectivity index is 2.02. The van der Waals surface area contributed by atoms with Crippen molar-refractivity contribution in [2.45, 2.75) is 32.9 Å². The van der Waals surface area contributed by atoms with E-state index in [-0.39, 0.29) is 18.3 Å². The number of aryl methyl sites for hydroxylation is 2. The summed E-state index contributed by atoms with van der Waals surface area (Å²) in [6.07, 6.45) is -3.46. The van der Waals surface area contributed by atoms with Crippen LogP contribution in [0.1, 0.15) is 39.9 Å². The highest BCUT2D eigenvalue weighted by molar-refractivity contribution is 6.06. The van der Waals surface area contributed by atoms with Crippen LogP contribution in [-0.2, 0) is 11.0 Å². The average Bonchev–Trinajstić information content (AvgIpc) is 3.02. The van der Waals surface area contributed by atoms with Crippen molar-refractivity contribution in [1.29, 1.82) is 0 Å². The van der Waals surface area contributed by atoms with Gasteiger partial charge in [-0.25, -0.2) is 0 Å². The highest BCUT2D eigenvalue weighted by atomic mass is 19.4. The highest BCUT2D eigenvalue weighted by Crippen LogP contribution is 2.32. The Labute approximate surface area is 161 Å². The summed E-state index contributed by atoms with van der Waals surface area (Å²) in [6, 6.07) is 9.94. The molecule has 1 heterocycles. The van der Waals surface area contributed by atoms with Crippen LogP contribution in [0, 0.1) is 13.8 Å². The number of halogens is 3. The molecular weight excluding hydrogens is 369 g/mol. The molecule has 2 aromatic rings. The number of hydrogen-bond acceptors (Lipinski definition) is 2. The molecule has 0 aliphatic carbocycles. The van der Waals surface area contributed by atoms with Gasteiger partial charge in [-0.3, -0.25) is 14.5 Å². The third kappa shape index (κ3) is 4.35. The second-order valence-corrected chi connectivity index (χ2v) is 7.06. The van der Waals surface area contributed by atoms with Crippen LogP contribution in [0.15, 0.2) is 42.5 Å². The SMILES string of the molecule is Cc1cc(C)cc(C(=O)N(CN2CCCC2=O)c2cccc(C(F)(F)F)c2)c1. The summed E-state index contributed by atoms with van der Waals surface area (Å²) in [5.41, 5.74) is 1.41. The third-order valence-corrected chi connectivity index (χ3v) is 4.68. The number of likely N-dealkylation sites (tertiary alicyclic amines) is 1. The van der Waals surface area contributed by atoms with Gasteiger partial charge in [-0.2, -0.15) is 13.2 Å². The first-order valence-electron chi connectivity index (χ1n) is 9.00. The van der Waals surface area contributed by atoms with Gasteiger partial charge in [0, 0.05) is 24.2 Å². The van der Waals surface area contributed by atoms with Crippen molar-refractivity contribution in [2.75, 3.05) is 18.1 Å². The van der Waals surface area contributed by atoms with Crippen LogP contribution in [0.25, 0.3) is 0 Å². The number of alkyl halides is 3. The first-order valence-corrected chi connectivity index (χ1v) is 9.00. The minimum Gasteiger partial charge on any atom is -0.324 e. The largest absolute Gasteiger partial charge is 0.416 e. The van der Waals surface area contributed by atoms with Gasteiger partial charge in [0.05, 0.1) is 5.56 Å². The number of anilines is 1. The van der Waals surface area contributed by atoms with E-state index in [9.17, 15) is 22.8 Å². The second-order valence-electron chi connectivity index (χ2n) is 7.06. The van der Waals surface area contributed by atoms with E-state index in [1.807, 2.05) is 19.9 Å². The monoisotopic (exact) mass is 390 g/mol. The number of carbonyl (C=O) groups excluding carboxylic acids is 2. The fourth-order valence-corrected chi connectivity index (χ4v) is 3.39. The standard InChI is InChI=1S/C21H21F3N2O2/c1-14-9-15(2)11-16(10-14)20(28)26(13-25-8-4-7-19(25)27)18-6-3-5-17(12-18)21(22,23)24/h3,5-6,9-12H,4,7-8,13H2,1-2H3. The molecule has 28 heavy (non-hydrogen) atoms. The molecule has 148 valence electrons. The lowest BCUT2D eigenvalue weighted by Gasteiger charge is -2.29. The topological polar surface area (TPSA) is 40.6 Å². The Kier molecular flexibility index (Phi) is 5.45. The number of rotatable bonds is 4. The molecule has 0 atom stereocenters.